The molecule has 27 heavy (non-hydrogen) atoms. The van der Waals surface area contributed by atoms with Crippen molar-refractivity contribution < 1.29 is 0 Å². The van der Waals surface area contributed by atoms with Crippen LogP contribution in [0, 0.1) is 0 Å². The quantitative estimate of drug-likeness (QED) is 0.841. The molecule has 0 amide bonds. The molecular weight excluding hydrogens is 342 g/mol. The molecule has 9 heteroatoms. The molecule has 9 nitrogen and oxygen atoms in total. The topological polar surface area (TPSA) is 96.7 Å². The van der Waals surface area contributed by atoms with Crippen LogP contribution in [0.15, 0.2) is 30.5 Å². The lowest BCUT2D eigenvalue weighted by atomic mass is 10.0. The highest BCUT2D eigenvalue weighted by molar-refractivity contribution is 5.72. The van der Waals surface area contributed by atoms with E-state index in [-0.39, 0.29) is 12.1 Å². The van der Waals surface area contributed by atoms with E-state index in [9.17, 15) is 0 Å². The van der Waals surface area contributed by atoms with Crippen molar-refractivity contribution in [3.8, 4) is 11.4 Å². The van der Waals surface area contributed by atoms with E-state index in [4.69, 9.17) is 4.98 Å². The summed E-state index contributed by atoms with van der Waals surface area (Å²) in [4.78, 5) is 11.6. The highest BCUT2D eigenvalue weighted by Gasteiger charge is 2.31. The molecule has 5 rings (SSSR count). The van der Waals surface area contributed by atoms with Crippen molar-refractivity contribution in [1.82, 2.24) is 35.1 Å². The Hall–Kier alpha value is -2.81. The summed E-state index contributed by atoms with van der Waals surface area (Å²) in [5, 5.41) is 19.1. The summed E-state index contributed by atoms with van der Waals surface area (Å²) < 4.78 is 1.83. The second-order valence-corrected chi connectivity index (χ2v) is 7.33. The minimum Gasteiger partial charge on any atom is -0.361 e. The van der Waals surface area contributed by atoms with Crippen molar-refractivity contribution in [2.45, 2.75) is 37.4 Å². The molecule has 3 aliphatic rings. The molecule has 3 unspecified atom stereocenters. The highest BCUT2D eigenvalue weighted by atomic mass is 15.6. The van der Waals surface area contributed by atoms with E-state index in [0.717, 1.165) is 24.3 Å². The van der Waals surface area contributed by atoms with E-state index in [1.165, 1.54) is 19.4 Å². The number of hydrogen-bond acceptors (Lipinski definition) is 8. The van der Waals surface area contributed by atoms with Gasteiger partial charge in [-0.2, -0.15) is 4.98 Å². The molecule has 2 N–H and O–H groups in total. The van der Waals surface area contributed by atoms with Gasteiger partial charge in [0.1, 0.15) is 5.82 Å². The number of likely N-dealkylation sites (tertiary alicyclic amines) is 1. The van der Waals surface area contributed by atoms with Gasteiger partial charge in [-0.1, -0.05) is 24.3 Å². The number of nitrogens with zero attached hydrogens (tertiary/aromatic N) is 7. The molecule has 0 bridgehead atoms. The number of aromatic nitrogens is 6. The largest absolute Gasteiger partial charge is 0.361 e. The van der Waals surface area contributed by atoms with Gasteiger partial charge in [0.2, 0.25) is 5.95 Å². The molecule has 0 saturated carbocycles. The highest BCUT2D eigenvalue weighted by Crippen LogP contribution is 2.34. The predicted octanol–water partition coefficient (Wildman–Crippen LogP) is 1.49. The first-order valence-corrected chi connectivity index (χ1v) is 9.50. The smallest absolute Gasteiger partial charge is 0.224 e. The van der Waals surface area contributed by atoms with Crippen molar-refractivity contribution in [1.29, 1.82) is 0 Å². The molecule has 2 aromatic heterocycles. The van der Waals surface area contributed by atoms with Gasteiger partial charge in [0.15, 0.2) is 5.82 Å². The van der Waals surface area contributed by atoms with Crippen LogP contribution in [0.3, 0.4) is 0 Å². The Morgan fingerprint density at radius 3 is 3.11 bits per heavy atom. The summed E-state index contributed by atoms with van der Waals surface area (Å²) in [5.41, 5.74) is 0.817. The molecule has 2 aliphatic heterocycles. The van der Waals surface area contributed by atoms with Crippen molar-refractivity contribution in [2.75, 3.05) is 30.8 Å². The maximum atomic E-state index is 4.71. The molecule has 0 spiro atoms. The summed E-state index contributed by atoms with van der Waals surface area (Å²) in [6.07, 6.45) is 13.7. The molecular formula is C18H23N9. The van der Waals surface area contributed by atoms with Gasteiger partial charge in [-0.25, -0.2) is 9.67 Å². The van der Waals surface area contributed by atoms with Crippen molar-refractivity contribution in [3.05, 3.63) is 30.5 Å². The number of rotatable bonds is 4. The zero-order chi connectivity index (χ0) is 18.2. The average Bonchev–Trinajstić information content (AvgIpc) is 3.29. The van der Waals surface area contributed by atoms with Crippen LogP contribution in [0.1, 0.15) is 25.3 Å². The SMILES string of the molecule is CN1CCCC1CCNc1ncc2c(n1)NC1C=CC=CC1n1nnnc1-2. The Morgan fingerprint density at radius 2 is 2.22 bits per heavy atom. The first-order chi connectivity index (χ1) is 13.3. The van der Waals surface area contributed by atoms with Gasteiger partial charge in [-0.3, -0.25) is 0 Å². The van der Waals surface area contributed by atoms with Gasteiger partial charge in [-0.15, -0.1) is 5.10 Å². The van der Waals surface area contributed by atoms with E-state index >= 15 is 0 Å². The van der Waals surface area contributed by atoms with E-state index in [2.05, 4.69) is 55.2 Å². The first kappa shape index (κ1) is 16.4. The van der Waals surface area contributed by atoms with Gasteiger partial charge < -0.3 is 15.5 Å². The maximum absolute atomic E-state index is 4.71. The van der Waals surface area contributed by atoms with Crippen LogP contribution in [-0.4, -0.2) is 67.3 Å². The monoisotopic (exact) mass is 365 g/mol. The number of hydrogen-bond donors (Lipinski definition) is 2. The molecule has 0 aromatic carbocycles. The third-order valence-corrected chi connectivity index (χ3v) is 5.65. The van der Waals surface area contributed by atoms with E-state index in [0.29, 0.717) is 17.8 Å². The van der Waals surface area contributed by atoms with Gasteiger partial charge in [-0.05, 0) is 43.3 Å². The predicted molar refractivity (Wildman–Crippen MR) is 102 cm³/mol. The second-order valence-electron chi connectivity index (χ2n) is 7.33. The molecule has 0 radical (unpaired) electrons. The van der Waals surface area contributed by atoms with Crippen LogP contribution in [0.4, 0.5) is 11.8 Å². The van der Waals surface area contributed by atoms with Crippen molar-refractivity contribution in [3.63, 3.8) is 0 Å². The van der Waals surface area contributed by atoms with Crippen molar-refractivity contribution in [2.24, 2.45) is 0 Å². The van der Waals surface area contributed by atoms with E-state index in [1.54, 1.807) is 6.20 Å². The fourth-order valence-electron chi connectivity index (χ4n) is 4.13. The standard InChI is InChI=1S/C18H23N9/c1-26-10-4-5-12(26)8-9-19-18-20-11-13-16(22-18)21-14-6-2-3-7-15(14)27-17(13)23-24-25-27/h2-3,6-7,11-12,14-15H,4-5,8-10H2,1H3,(H2,19,20,21,22). The van der Waals surface area contributed by atoms with Gasteiger partial charge >= 0.3 is 0 Å². The minimum absolute atomic E-state index is 0.0171. The summed E-state index contributed by atoms with van der Waals surface area (Å²) in [6.45, 7) is 2.06. The lowest BCUT2D eigenvalue weighted by Crippen LogP contribution is -2.29. The second kappa shape index (κ2) is 6.73. The van der Waals surface area contributed by atoms with Crippen LogP contribution < -0.4 is 10.6 Å². The average molecular weight is 365 g/mol. The number of anilines is 2. The van der Waals surface area contributed by atoms with Crippen LogP contribution in [0.2, 0.25) is 0 Å². The molecule has 140 valence electrons. The third kappa shape index (κ3) is 2.97. The molecule has 3 atom stereocenters. The number of allylic oxidation sites excluding steroid dienone is 2. The van der Waals surface area contributed by atoms with Crippen LogP contribution in [0.5, 0.6) is 0 Å². The molecule has 1 aliphatic carbocycles. The number of fused-ring (bicyclic) bond motifs is 5. The Labute approximate surface area is 157 Å². The normalized spacial score (nSPS) is 26.0. The van der Waals surface area contributed by atoms with Gasteiger partial charge in [0.05, 0.1) is 17.6 Å². The minimum atomic E-state index is 0.0171. The lowest BCUT2D eigenvalue weighted by molar-refractivity contribution is 0.301. The van der Waals surface area contributed by atoms with Crippen LogP contribution in [-0.2, 0) is 0 Å². The summed E-state index contributed by atoms with van der Waals surface area (Å²) in [7, 11) is 2.20. The van der Waals surface area contributed by atoms with E-state index < -0.39 is 0 Å². The van der Waals surface area contributed by atoms with Crippen LogP contribution >= 0.6 is 0 Å². The number of nitrogens with one attached hydrogen (secondary N) is 2. The molecule has 1 fully saturated rings. The Kier molecular flexibility index (Phi) is 4.08. The maximum Gasteiger partial charge on any atom is 0.224 e. The summed E-state index contributed by atoms with van der Waals surface area (Å²) in [6, 6.07) is 0.720. The van der Waals surface area contributed by atoms with Gasteiger partial charge in [0, 0.05) is 18.8 Å². The zero-order valence-electron chi connectivity index (χ0n) is 15.3. The Balaban J connectivity index is 1.37. The summed E-state index contributed by atoms with van der Waals surface area (Å²) in [5.74, 6) is 2.08. The van der Waals surface area contributed by atoms with Gasteiger partial charge in [0.25, 0.3) is 0 Å². The molecule has 1 saturated heterocycles. The number of tetrazole rings is 1. The van der Waals surface area contributed by atoms with Crippen molar-refractivity contribution >= 4 is 11.8 Å². The fourth-order valence-corrected chi connectivity index (χ4v) is 4.13. The Bertz CT molecular complexity index is 887. The molecule has 4 heterocycles. The van der Waals surface area contributed by atoms with Crippen LogP contribution in [0.25, 0.3) is 11.4 Å². The Morgan fingerprint density at radius 1 is 1.30 bits per heavy atom. The third-order valence-electron chi connectivity index (χ3n) is 5.65. The van der Waals surface area contributed by atoms with E-state index in [1.807, 2.05) is 16.8 Å². The lowest BCUT2D eigenvalue weighted by Gasteiger charge is -2.23. The first-order valence-electron chi connectivity index (χ1n) is 9.50. The fraction of sp³-hybridized carbons (Fsp3) is 0.500. The molecule has 2 aromatic rings. The summed E-state index contributed by atoms with van der Waals surface area (Å²) >= 11 is 0. The zero-order valence-corrected chi connectivity index (χ0v) is 15.3.